The van der Waals surface area contributed by atoms with Crippen LogP contribution in [0.25, 0.3) is 0 Å². The number of nitrogens with zero attached hydrogens (tertiary/aromatic N) is 3. The first-order valence-corrected chi connectivity index (χ1v) is 10.9. The minimum absolute atomic E-state index is 0.356. The highest BCUT2D eigenvalue weighted by molar-refractivity contribution is 5.79. The van der Waals surface area contributed by atoms with Crippen LogP contribution in [0.5, 0.6) is 0 Å². The van der Waals surface area contributed by atoms with Crippen molar-refractivity contribution >= 4 is 5.91 Å². The van der Waals surface area contributed by atoms with Gasteiger partial charge in [-0.2, -0.15) is 0 Å². The molecule has 0 aromatic heterocycles. The normalized spacial score (nSPS) is 23.4. The van der Waals surface area contributed by atoms with Crippen molar-refractivity contribution in [3.8, 4) is 0 Å². The molecule has 148 valence electrons. The Morgan fingerprint density at radius 3 is 2.11 bits per heavy atom. The van der Waals surface area contributed by atoms with E-state index >= 15 is 0 Å². The lowest BCUT2D eigenvalue weighted by atomic mass is 9.83. The lowest BCUT2D eigenvalue weighted by molar-refractivity contribution is -0.139. The minimum atomic E-state index is 0.356. The molecule has 1 amide bonds. The van der Waals surface area contributed by atoms with Gasteiger partial charge in [-0.05, 0) is 56.2 Å². The molecule has 3 fully saturated rings. The van der Waals surface area contributed by atoms with Crippen LogP contribution in [0.4, 0.5) is 0 Å². The molecule has 1 aromatic carbocycles. The van der Waals surface area contributed by atoms with Crippen LogP contribution in [-0.2, 0) is 17.8 Å². The Balaban J connectivity index is 1.21. The van der Waals surface area contributed by atoms with Crippen molar-refractivity contribution in [2.75, 3.05) is 46.3 Å². The molecule has 0 spiro atoms. The van der Waals surface area contributed by atoms with Crippen LogP contribution < -0.4 is 0 Å². The number of hydrogen-bond acceptors (Lipinski definition) is 3. The zero-order valence-electron chi connectivity index (χ0n) is 16.9. The molecule has 0 radical (unpaired) electrons. The van der Waals surface area contributed by atoms with E-state index in [1.165, 1.54) is 63.0 Å². The fourth-order valence-electron chi connectivity index (χ4n) is 4.65. The predicted molar refractivity (Wildman–Crippen MR) is 110 cm³/mol. The van der Waals surface area contributed by atoms with Crippen LogP contribution in [0, 0.1) is 11.8 Å². The van der Waals surface area contributed by atoms with E-state index in [1.807, 2.05) is 0 Å². The standard InChI is InChI=1S/C23H35N3O/c1-24-13-15-25(16-14-24)18-21-7-5-19(6-8-21)17-20-9-11-26(12-10-20)23(27)22-3-2-4-22/h5-8,20,22H,2-4,9-18H2,1H3. The fourth-order valence-corrected chi connectivity index (χ4v) is 4.65. The van der Waals surface area contributed by atoms with Crippen LogP contribution in [0.3, 0.4) is 0 Å². The highest BCUT2D eigenvalue weighted by atomic mass is 16.2. The van der Waals surface area contributed by atoms with Gasteiger partial charge in [0.15, 0.2) is 0 Å². The summed E-state index contributed by atoms with van der Waals surface area (Å²) in [5.41, 5.74) is 2.89. The molecule has 3 aliphatic rings. The summed E-state index contributed by atoms with van der Waals surface area (Å²) in [5, 5.41) is 0. The minimum Gasteiger partial charge on any atom is -0.342 e. The summed E-state index contributed by atoms with van der Waals surface area (Å²) in [6.07, 6.45) is 7.00. The zero-order chi connectivity index (χ0) is 18.6. The second-order valence-electron chi connectivity index (χ2n) is 9.00. The van der Waals surface area contributed by atoms with Gasteiger partial charge < -0.3 is 9.80 Å². The average Bonchev–Trinajstić information content (AvgIpc) is 2.64. The first kappa shape index (κ1) is 18.9. The second kappa shape index (κ2) is 8.74. The SMILES string of the molecule is CN1CCN(Cc2ccc(CC3CCN(C(=O)C4CCC4)CC3)cc2)CC1. The largest absolute Gasteiger partial charge is 0.342 e. The third-order valence-corrected chi connectivity index (χ3v) is 6.93. The van der Waals surface area contributed by atoms with Crippen LogP contribution in [0.15, 0.2) is 24.3 Å². The molecule has 2 heterocycles. The maximum atomic E-state index is 12.4. The van der Waals surface area contributed by atoms with E-state index in [9.17, 15) is 4.79 Å². The molecule has 0 N–H and O–H groups in total. The van der Waals surface area contributed by atoms with Gasteiger partial charge in [0.25, 0.3) is 0 Å². The highest BCUT2D eigenvalue weighted by Gasteiger charge is 2.31. The molecule has 1 aliphatic carbocycles. The first-order chi connectivity index (χ1) is 13.2. The summed E-state index contributed by atoms with van der Waals surface area (Å²) in [7, 11) is 2.21. The van der Waals surface area contributed by atoms with E-state index < -0.39 is 0 Å². The van der Waals surface area contributed by atoms with Crippen molar-refractivity contribution in [3.05, 3.63) is 35.4 Å². The maximum Gasteiger partial charge on any atom is 0.225 e. The number of carbonyl (C=O) groups excluding carboxylic acids is 1. The van der Waals surface area contributed by atoms with E-state index in [2.05, 4.69) is 46.0 Å². The molecular formula is C23H35N3O. The van der Waals surface area contributed by atoms with Crippen molar-refractivity contribution in [1.29, 1.82) is 0 Å². The van der Waals surface area contributed by atoms with Crippen molar-refractivity contribution in [2.45, 2.75) is 45.1 Å². The summed E-state index contributed by atoms with van der Waals surface area (Å²) in [4.78, 5) is 19.5. The molecular weight excluding hydrogens is 334 g/mol. The molecule has 0 bridgehead atoms. The molecule has 2 saturated heterocycles. The Morgan fingerprint density at radius 2 is 1.52 bits per heavy atom. The topological polar surface area (TPSA) is 26.8 Å². The number of carbonyl (C=O) groups is 1. The van der Waals surface area contributed by atoms with E-state index in [0.29, 0.717) is 11.8 Å². The van der Waals surface area contributed by atoms with Crippen LogP contribution in [0.2, 0.25) is 0 Å². The molecule has 4 heteroatoms. The van der Waals surface area contributed by atoms with Crippen molar-refractivity contribution in [2.24, 2.45) is 11.8 Å². The summed E-state index contributed by atoms with van der Waals surface area (Å²) in [5.74, 6) is 1.53. The summed E-state index contributed by atoms with van der Waals surface area (Å²) < 4.78 is 0. The number of rotatable bonds is 5. The molecule has 2 aliphatic heterocycles. The summed E-state index contributed by atoms with van der Waals surface area (Å²) in [6.45, 7) is 7.74. The first-order valence-electron chi connectivity index (χ1n) is 10.9. The van der Waals surface area contributed by atoms with Gasteiger partial charge in [0, 0.05) is 51.7 Å². The quantitative estimate of drug-likeness (QED) is 0.798. The van der Waals surface area contributed by atoms with Crippen molar-refractivity contribution in [3.63, 3.8) is 0 Å². The third kappa shape index (κ3) is 4.91. The van der Waals surface area contributed by atoms with Gasteiger partial charge in [-0.1, -0.05) is 30.7 Å². The predicted octanol–water partition coefficient (Wildman–Crippen LogP) is 3.02. The lowest BCUT2D eigenvalue weighted by Gasteiger charge is -2.36. The van der Waals surface area contributed by atoms with Gasteiger partial charge in [-0.15, -0.1) is 0 Å². The Hall–Kier alpha value is -1.39. The average molecular weight is 370 g/mol. The Labute approximate surface area is 164 Å². The van der Waals surface area contributed by atoms with E-state index in [0.717, 1.165) is 38.4 Å². The number of hydrogen-bond donors (Lipinski definition) is 0. The van der Waals surface area contributed by atoms with Gasteiger partial charge >= 0.3 is 0 Å². The lowest BCUT2D eigenvalue weighted by Crippen LogP contribution is -2.43. The Bertz CT molecular complexity index is 609. The molecule has 4 nitrogen and oxygen atoms in total. The van der Waals surface area contributed by atoms with Crippen molar-refractivity contribution in [1.82, 2.24) is 14.7 Å². The molecule has 0 unspecified atom stereocenters. The van der Waals surface area contributed by atoms with Gasteiger partial charge in [-0.25, -0.2) is 0 Å². The molecule has 27 heavy (non-hydrogen) atoms. The maximum absolute atomic E-state index is 12.4. The monoisotopic (exact) mass is 369 g/mol. The molecule has 1 saturated carbocycles. The third-order valence-electron chi connectivity index (χ3n) is 6.93. The highest BCUT2D eigenvalue weighted by Crippen LogP contribution is 2.30. The number of likely N-dealkylation sites (tertiary alicyclic amines) is 1. The Morgan fingerprint density at radius 1 is 0.889 bits per heavy atom. The van der Waals surface area contributed by atoms with E-state index in [1.54, 1.807) is 0 Å². The number of piperazine rings is 1. The van der Waals surface area contributed by atoms with Crippen LogP contribution >= 0.6 is 0 Å². The number of amides is 1. The summed E-state index contributed by atoms with van der Waals surface area (Å²) in [6, 6.07) is 9.31. The van der Waals surface area contributed by atoms with Crippen molar-refractivity contribution < 1.29 is 4.79 Å². The van der Waals surface area contributed by atoms with Crippen LogP contribution in [-0.4, -0.2) is 66.9 Å². The summed E-state index contributed by atoms with van der Waals surface area (Å²) >= 11 is 0. The van der Waals surface area contributed by atoms with Crippen LogP contribution in [0.1, 0.15) is 43.2 Å². The van der Waals surface area contributed by atoms with Gasteiger partial charge in [0.05, 0.1) is 0 Å². The smallest absolute Gasteiger partial charge is 0.225 e. The number of likely N-dealkylation sites (N-methyl/N-ethyl adjacent to an activating group) is 1. The molecule has 0 atom stereocenters. The van der Waals surface area contributed by atoms with Gasteiger partial charge in [0.2, 0.25) is 5.91 Å². The fraction of sp³-hybridized carbons (Fsp3) is 0.696. The number of benzene rings is 1. The van der Waals surface area contributed by atoms with E-state index in [4.69, 9.17) is 0 Å². The molecule has 1 aromatic rings. The van der Waals surface area contributed by atoms with Gasteiger partial charge in [-0.3, -0.25) is 9.69 Å². The molecule has 4 rings (SSSR count). The second-order valence-corrected chi connectivity index (χ2v) is 9.00. The number of piperidine rings is 1. The van der Waals surface area contributed by atoms with E-state index in [-0.39, 0.29) is 0 Å². The Kier molecular flexibility index (Phi) is 6.14. The zero-order valence-corrected chi connectivity index (χ0v) is 16.9. The van der Waals surface area contributed by atoms with Gasteiger partial charge in [0.1, 0.15) is 0 Å².